The molecule has 0 spiro atoms. The molecule has 3 aromatic rings. The van der Waals surface area contributed by atoms with E-state index in [9.17, 15) is 19.1 Å². The number of aromatic carboxylic acids is 1. The number of halogens is 1. The normalized spacial score (nSPS) is 15.0. The van der Waals surface area contributed by atoms with Gasteiger partial charge in [-0.1, -0.05) is 12.1 Å². The van der Waals surface area contributed by atoms with Crippen LogP contribution in [0.15, 0.2) is 36.4 Å². The van der Waals surface area contributed by atoms with Gasteiger partial charge in [0.15, 0.2) is 11.5 Å². The van der Waals surface area contributed by atoms with Crippen LogP contribution >= 0.6 is 11.3 Å². The summed E-state index contributed by atoms with van der Waals surface area (Å²) in [5, 5.41) is 12.7. The summed E-state index contributed by atoms with van der Waals surface area (Å²) in [4.78, 5) is 25.5. The molecule has 1 aliphatic rings. The molecule has 0 bridgehead atoms. The van der Waals surface area contributed by atoms with Crippen molar-refractivity contribution in [1.29, 1.82) is 0 Å². The van der Waals surface area contributed by atoms with Gasteiger partial charge in [-0.2, -0.15) is 0 Å². The van der Waals surface area contributed by atoms with Crippen LogP contribution in [0.5, 0.6) is 17.2 Å². The zero-order valence-electron chi connectivity index (χ0n) is 17.5. The van der Waals surface area contributed by atoms with Crippen LogP contribution in [0.25, 0.3) is 11.1 Å². The summed E-state index contributed by atoms with van der Waals surface area (Å²) >= 11 is 1.08. The third kappa shape index (κ3) is 3.64. The predicted molar refractivity (Wildman–Crippen MR) is 118 cm³/mol. The number of thiophene rings is 1. The highest BCUT2D eigenvalue weighted by Crippen LogP contribution is 2.52. The third-order valence-electron chi connectivity index (χ3n) is 5.34. The lowest BCUT2D eigenvalue weighted by Gasteiger charge is -2.26. The maximum Gasteiger partial charge on any atom is 0.346 e. The average molecular weight is 457 g/mol. The van der Waals surface area contributed by atoms with Crippen LogP contribution in [0.4, 0.5) is 10.1 Å². The van der Waals surface area contributed by atoms with Gasteiger partial charge in [-0.15, -0.1) is 11.3 Å². The van der Waals surface area contributed by atoms with Gasteiger partial charge >= 0.3 is 5.97 Å². The lowest BCUT2D eigenvalue weighted by molar-refractivity contribution is -0.116. The quantitative estimate of drug-likeness (QED) is 0.555. The Morgan fingerprint density at radius 3 is 2.28 bits per heavy atom. The van der Waals surface area contributed by atoms with E-state index in [0.717, 1.165) is 11.3 Å². The molecule has 2 N–H and O–H groups in total. The Morgan fingerprint density at radius 1 is 1.06 bits per heavy atom. The maximum atomic E-state index is 13.5. The minimum Gasteiger partial charge on any atom is -0.496 e. The standard InChI is InChI=1S/C23H20FNO6S/c1-29-15-10-17(31-3)16(30-2)8-13(15)14-9-18(26)25-20-19(11-4-6-12(24)7-5-11)22(23(27)28)32-21(14)20/h4-8,10,14H,9H2,1-3H3,(H,25,26)(H,27,28)/t14-/m1/s1. The molecule has 9 heteroatoms. The van der Waals surface area contributed by atoms with Gasteiger partial charge in [0.1, 0.15) is 16.4 Å². The first-order valence-electron chi connectivity index (χ1n) is 9.63. The van der Waals surface area contributed by atoms with Gasteiger partial charge in [-0.25, -0.2) is 9.18 Å². The number of fused-ring (bicyclic) bond motifs is 1. The van der Waals surface area contributed by atoms with Crippen LogP contribution in [0.3, 0.4) is 0 Å². The molecule has 0 fully saturated rings. The van der Waals surface area contributed by atoms with Crippen molar-refractivity contribution in [3.8, 4) is 28.4 Å². The van der Waals surface area contributed by atoms with Gasteiger partial charge in [0.2, 0.25) is 5.91 Å². The van der Waals surface area contributed by atoms with Crippen molar-refractivity contribution in [2.24, 2.45) is 0 Å². The highest BCUT2D eigenvalue weighted by atomic mass is 32.1. The fourth-order valence-corrected chi connectivity index (χ4v) is 5.14. The molecule has 32 heavy (non-hydrogen) atoms. The molecule has 2 heterocycles. The molecule has 1 atom stereocenters. The summed E-state index contributed by atoms with van der Waals surface area (Å²) in [6, 6.07) is 8.91. The van der Waals surface area contributed by atoms with Crippen molar-refractivity contribution in [1.82, 2.24) is 0 Å². The van der Waals surface area contributed by atoms with Crippen molar-refractivity contribution in [2.45, 2.75) is 12.3 Å². The third-order valence-corrected chi connectivity index (χ3v) is 6.64. The van der Waals surface area contributed by atoms with Crippen molar-refractivity contribution in [2.75, 3.05) is 26.6 Å². The number of hydrogen-bond acceptors (Lipinski definition) is 6. The molecule has 2 aromatic carbocycles. The fourth-order valence-electron chi connectivity index (χ4n) is 3.91. The van der Waals surface area contributed by atoms with E-state index < -0.39 is 17.7 Å². The second kappa shape index (κ2) is 8.51. The Bertz CT molecular complexity index is 1200. The Labute approximate surface area is 187 Å². The fraction of sp³-hybridized carbons (Fsp3) is 0.217. The smallest absolute Gasteiger partial charge is 0.346 e. The van der Waals surface area contributed by atoms with Crippen LogP contribution in [-0.2, 0) is 4.79 Å². The van der Waals surface area contributed by atoms with Gasteiger partial charge in [-0.3, -0.25) is 4.79 Å². The van der Waals surface area contributed by atoms with Crippen LogP contribution in [0, 0.1) is 5.82 Å². The number of carboxylic acid groups (broad SMARTS) is 1. The van der Waals surface area contributed by atoms with E-state index in [4.69, 9.17) is 14.2 Å². The number of carbonyl (C=O) groups is 2. The molecule has 0 unspecified atom stereocenters. The summed E-state index contributed by atoms with van der Waals surface area (Å²) in [7, 11) is 4.53. The minimum absolute atomic E-state index is 0.0632. The Hall–Kier alpha value is -3.59. The highest BCUT2D eigenvalue weighted by molar-refractivity contribution is 7.15. The van der Waals surface area contributed by atoms with Gasteiger partial charge in [0, 0.05) is 34.4 Å². The first-order chi connectivity index (χ1) is 15.4. The van der Waals surface area contributed by atoms with Gasteiger partial charge < -0.3 is 24.6 Å². The first kappa shape index (κ1) is 21.6. The molecule has 1 aliphatic heterocycles. The molecule has 1 aromatic heterocycles. The molecule has 7 nitrogen and oxygen atoms in total. The second-order valence-corrected chi connectivity index (χ2v) is 8.16. The largest absolute Gasteiger partial charge is 0.496 e. The average Bonchev–Trinajstić information content (AvgIpc) is 3.17. The van der Waals surface area contributed by atoms with Gasteiger partial charge in [0.05, 0.1) is 27.0 Å². The number of carbonyl (C=O) groups excluding carboxylic acids is 1. The molecule has 0 saturated carbocycles. The number of amides is 1. The van der Waals surface area contributed by atoms with E-state index in [1.54, 1.807) is 12.1 Å². The topological polar surface area (TPSA) is 94.1 Å². The molecule has 166 valence electrons. The van der Waals surface area contributed by atoms with E-state index >= 15 is 0 Å². The molecular weight excluding hydrogens is 437 g/mol. The number of rotatable bonds is 6. The number of methoxy groups -OCH3 is 3. The Kier molecular flexibility index (Phi) is 5.75. The zero-order chi connectivity index (χ0) is 23.0. The number of carboxylic acids is 1. The van der Waals surface area contributed by atoms with Crippen molar-refractivity contribution in [3.63, 3.8) is 0 Å². The zero-order valence-corrected chi connectivity index (χ0v) is 18.3. The SMILES string of the molecule is COc1cc(OC)c([C@H]2CC(=O)Nc3c2sc(C(=O)O)c3-c2ccc(F)cc2)cc1OC. The molecule has 4 rings (SSSR count). The molecule has 0 saturated heterocycles. The Morgan fingerprint density at radius 2 is 1.69 bits per heavy atom. The summed E-state index contributed by atoms with van der Waals surface area (Å²) in [5.74, 6) is -0.879. The van der Waals surface area contributed by atoms with Crippen LogP contribution in [0.1, 0.15) is 32.5 Å². The van der Waals surface area contributed by atoms with Crippen LogP contribution in [-0.4, -0.2) is 38.3 Å². The highest BCUT2D eigenvalue weighted by Gasteiger charge is 2.36. The number of hydrogen-bond donors (Lipinski definition) is 2. The minimum atomic E-state index is -1.13. The van der Waals surface area contributed by atoms with Gasteiger partial charge in [0.25, 0.3) is 0 Å². The van der Waals surface area contributed by atoms with E-state index in [2.05, 4.69) is 5.32 Å². The summed E-state index contributed by atoms with van der Waals surface area (Å²) in [6.45, 7) is 0. The molecule has 1 amide bonds. The van der Waals surface area contributed by atoms with Crippen molar-refractivity contribution < 1.29 is 33.3 Å². The van der Waals surface area contributed by atoms with E-state index in [0.29, 0.717) is 44.5 Å². The first-order valence-corrected chi connectivity index (χ1v) is 10.4. The van der Waals surface area contributed by atoms with Crippen molar-refractivity contribution in [3.05, 3.63) is 57.5 Å². The lowest BCUT2D eigenvalue weighted by Crippen LogP contribution is -2.23. The maximum absolute atomic E-state index is 13.5. The molecule has 0 radical (unpaired) electrons. The van der Waals surface area contributed by atoms with Crippen molar-refractivity contribution >= 4 is 28.9 Å². The van der Waals surface area contributed by atoms with E-state index in [1.165, 1.54) is 45.6 Å². The number of benzene rings is 2. The summed E-state index contributed by atoms with van der Waals surface area (Å²) in [6.07, 6.45) is 0.0985. The number of anilines is 1. The summed E-state index contributed by atoms with van der Waals surface area (Å²) < 4.78 is 29.8. The monoisotopic (exact) mass is 457 g/mol. The predicted octanol–water partition coefficient (Wildman–Crippen LogP) is 4.75. The molecule has 0 aliphatic carbocycles. The Balaban J connectivity index is 1.95. The summed E-state index contributed by atoms with van der Waals surface area (Å²) in [5.41, 5.74) is 1.94. The van der Waals surface area contributed by atoms with Crippen LogP contribution in [0.2, 0.25) is 0 Å². The van der Waals surface area contributed by atoms with Crippen LogP contribution < -0.4 is 19.5 Å². The van der Waals surface area contributed by atoms with E-state index in [-0.39, 0.29) is 17.2 Å². The number of ether oxygens (including phenoxy) is 3. The molecular formula is C23H20FNO6S. The lowest BCUT2D eigenvalue weighted by atomic mass is 9.87. The van der Waals surface area contributed by atoms with E-state index in [1.807, 2.05) is 0 Å². The number of nitrogens with one attached hydrogen (secondary N) is 1. The second-order valence-electron chi connectivity index (χ2n) is 7.11. The van der Waals surface area contributed by atoms with Gasteiger partial charge in [-0.05, 0) is 23.8 Å².